The van der Waals surface area contributed by atoms with Crippen LogP contribution >= 0.6 is 35.0 Å². The topological polar surface area (TPSA) is 132 Å². The number of nitrogens with zero attached hydrogens (tertiary/aromatic N) is 4. The van der Waals surface area contributed by atoms with Crippen molar-refractivity contribution < 1.29 is 14.5 Å². The van der Waals surface area contributed by atoms with E-state index in [0.717, 1.165) is 11.8 Å². The minimum atomic E-state index is -0.570. The number of nitrogens with one attached hydrogen (secondary N) is 2. The molecule has 32 heavy (non-hydrogen) atoms. The zero-order chi connectivity index (χ0) is 23.3. The van der Waals surface area contributed by atoms with Gasteiger partial charge in [-0.15, -0.1) is 10.2 Å². The van der Waals surface area contributed by atoms with Crippen molar-refractivity contribution in [2.75, 3.05) is 11.1 Å². The predicted octanol–water partition coefficient (Wildman–Crippen LogP) is 3.69. The number of halogens is 2. The Labute approximate surface area is 196 Å². The van der Waals surface area contributed by atoms with Crippen LogP contribution in [0.4, 0.5) is 11.4 Å². The van der Waals surface area contributed by atoms with Gasteiger partial charge in [-0.25, -0.2) is 0 Å². The number of nitro benzene ring substituents is 1. The first kappa shape index (κ1) is 23.5. The Morgan fingerprint density at radius 2 is 1.97 bits per heavy atom. The zero-order valence-electron chi connectivity index (χ0n) is 16.5. The van der Waals surface area contributed by atoms with Crippen molar-refractivity contribution in [1.29, 1.82) is 0 Å². The lowest BCUT2D eigenvalue weighted by atomic mass is 10.2. The Balaban J connectivity index is 1.55. The maximum absolute atomic E-state index is 12.3. The monoisotopic (exact) mass is 494 g/mol. The number of anilines is 1. The first-order valence-electron chi connectivity index (χ1n) is 9.03. The normalized spacial score (nSPS) is 10.6. The fourth-order valence-electron chi connectivity index (χ4n) is 2.56. The van der Waals surface area contributed by atoms with Gasteiger partial charge in [0, 0.05) is 29.8 Å². The van der Waals surface area contributed by atoms with E-state index in [0.29, 0.717) is 26.7 Å². The molecule has 13 heteroatoms. The smallest absolute Gasteiger partial charge is 0.270 e. The lowest BCUT2D eigenvalue weighted by Crippen LogP contribution is -2.24. The molecule has 166 valence electrons. The number of aromatic nitrogens is 3. The second-order valence-corrected chi connectivity index (χ2v) is 8.20. The first-order valence-corrected chi connectivity index (χ1v) is 10.8. The van der Waals surface area contributed by atoms with Crippen molar-refractivity contribution >= 4 is 58.2 Å². The van der Waals surface area contributed by atoms with Crippen molar-refractivity contribution in [2.24, 2.45) is 7.05 Å². The van der Waals surface area contributed by atoms with Gasteiger partial charge in [-0.2, -0.15) is 0 Å². The van der Waals surface area contributed by atoms with Crippen molar-refractivity contribution in [1.82, 2.24) is 20.1 Å². The molecule has 0 saturated heterocycles. The van der Waals surface area contributed by atoms with Crippen LogP contribution in [0.1, 0.15) is 16.2 Å². The molecule has 1 heterocycles. The van der Waals surface area contributed by atoms with Gasteiger partial charge in [0.05, 0.1) is 27.9 Å². The molecule has 2 aromatic carbocycles. The third-order valence-corrected chi connectivity index (χ3v) is 5.77. The van der Waals surface area contributed by atoms with Crippen LogP contribution in [0.15, 0.2) is 47.6 Å². The number of nitro groups is 1. The highest BCUT2D eigenvalue weighted by atomic mass is 35.5. The molecule has 1 aromatic heterocycles. The molecule has 0 fully saturated rings. The molecular weight excluding hydrogens is 479 g/mol. The number of non-ortho nitro benzene ring substituents is 1. The molecule has 0 unspecified atom stereocenters. The maximum Gasteiger partial charge on any atom is 0.270 e. The third-order valence-electron chi connectivity index (χ3n) is 4.19. The standard InChI is InChI=1S/C19H16Cl2N6O4S/c1-26-16(9-22-18(29)11-3-2-4-13(7-11)27(30)31)24-25-19(26)32-10-17(28)23-15-8-12(20)5-6-14(15)21/h2-8H,9-10H2,1H3,(H,22,29)(H,23,28). The Morgan fingerprint density at radius 3 is 2.72 bits per heavy atom. The van der Waals surface area contributed by atoms with E-state index in [-0.39, 0.29) is 29.5 Å². The van der Waals surface area contributed by atoms with Crippen molar-refractivity contribution in [3.63, 3.8) is 0 Å². The van der Waals surface area contributed by atoms with E-state index in [4.69, 9.17) is 23.2 Å². The summed E-state index contributed by atoms with van der Waals surface area (Å²) in [5, 5.41) is 25.5. The molecule has 0 aliphatic carbocycles. The number of hydrogen-bond donors (Lipinski definition) is 2. The summed E-state index contributed by atoms with van der Waals surface area (Å²) < 4.78 is 1.64. The average Bonchev–Trinajstić information content (AvgIpc) is 3.12. The largest absolute Gasteiger partial charge is 0.345 e. The molecule has 0 radical (unpaired) electrons. The van der Waals surface area contributed by atoms with Gasteiger partial charge in [0.2, 0.25) is 5.91 Å². The van der Waals surface area contributed by atoms with Crippen molar-refractivity contribution in [3.05, 3.63) is 74.0 Å². The molecule has 3 rings (SSSR count). The van der Waals surface area contributed by atoms with E-state index in [1.807, 2.05) is 0 Å². The van der Waals surface area contributed by atoms with Crippen LogP contribution in [0.2, 0.25) is 10.0 Å². The van der Waals surface area contributed by atoms with Crippen molar-refractivity contribution in [2.45, 2.75) is 11.7 Å². The molecule has 0 spiro atoms. The van der Waals surface area contributed by atoms with Gasteiger partial charge in [-0.05, 0) is 24.3 Å². The van der Waals surface area contributed by atoms with Crippen LogP contribution in [0.3, 0.4) is 0 Å². The number of benzene rings is 2. The summed E-state index contributed by atoms with van der Waals surface area (Å²) >= 11 is 13.1. The van der Waals surface area contributed by atoms with E-state index < -0.39 is 10.8 Å². The van der Waals surface area contributed by atoms with Crippen LogP contribution < -0.4 is 10.6 Å². The van der Waals surface area contributed by atoms with E-state index in [1.165, 1.54) is 24.3 Å². The Hall–Kier alpha value is -3.15. The number of hydrogen-bond acceptors (Lipinski definition) is 7. The van der Waals surface area contributed by atoms with Crippen molar-refractivity contribution in [3.8, 4) is 0 Å². The second kappa shape index (κ2) is 10.4. The van der Waals surface area contributed by atoms with E-state index in [1.54, 1.807) is 29.8 Å². The summed E-state index contributed by atoms with van der Waals surface area (Å²) in [6, 6.07) is 10.2. The first-order chi connectivity index (χ1) is 15.2. The molecule has 0 atom stereocenters. The molecule has 2 N–H and O–H groups in total. The molecular formula is C19H16Cl2N6O4S. The SMILES string of the molecule is Cn1c(CNC(=O)c2cccc([N+](=O)[O-])c2)nnc1SCC(=O)Nc1cc(Cl)ccc1Cl. The minimum Gasteiger partial charge on any atom is -0.345 e. The molecule has 0 bridgehead atoms. The molecule has 3 aromatic rings. The number of carbonyl (C=O) groups is 2. The van der Waals surface area contributed by atoms with Crippen LogP contribution in [0, 0.1) is 10.1 Å². The molecule has 10 nitrogen and oxygen atoms in total. The molecule has 0 saturated carbocycles. The van der Waals surface area contributed by atoms with Crippen LogP contribution in [0.25, 0.3) is 0 Å². The van der Waals surface area contributed by atoms with Gasteiger partial charge in [0.15, 0.2) is 11.0 Å². The number of thioether (sulfide) groups is 1. The molecule has 0 aliphatic rings. The van der Waals surface area contributed by atoms with E-state index >= 15 is 0 Å². The van der Waals surface area contributed by atoms with E-state index in [9.17, 15) is 19.7 Å². The Bertz CT molecular complexity index is 1190. The zero-order valence-corrected chi connectivity index (χ0v) is 18.9. The summed E-state index contributed by atoms with van der Waals surface area (Å²) in [5.74, 6) is -0.287. The predicted molar refractivity (Wildman–Crippen MR) is 121 cm³/mol. The Morgan fingerprint density at radius 1 is 1.19 bits per heavy atom. The summed E-state index contributed by atoms with van der Waals surface area (Å²) in [5.41, 5.74) is 0.395. The maximum atomic E-state index is 12.3. The molecule has 0 aliphatic heterocycles. The quantitative estimate of drug-likeness (QED) is 0.277. The highest BCUT2D eigenvalue weighted by molar-refractivity contribution is 7.99. The Kier molecular flexibility index (Phi) is 7.67. The van der Waals surface area contributed by atoms with Crippen LogP contribution in [0.5, 0.6) is 0 Å². The van der Waals surface area contributed by atoms with Gasteiger partial charge in [-0.3, -0.25) is 19.7 Å². The lowest BCUT2D eigenvalue weighted by molar-refractivity contribution is -0.384. The molecule has 2 amide bonds. The third kappa shape index (κ3) is 5.96. The second-order valence-electron chi connectivity index (χ2n) is 6.41. The van der Waals surface area contributed by atoms with Crippen LogP contribution in [-0.2, 0) is 18.4 Å². The fourth-order valence-corrected chi connectivity index (χ4v) is 3.62. The number of amides is 2. The highest BCUT2D eigenvalue weighted by Crippen LogP contribution is 2.26. The van der Waals surface area contributed by atoms with Gasteiger partial charge in [-0.1, -0.05) is 41.0 Å². The van der Waals surface area contributed by atoms with E-state index in [2.05, 4.69) is 20.8 Å². The minimum absolute atomic E-state index is 0.0505. The number of carbonyl (C=O) groups excluding carboxylic acids is 2. The highest BCUT2D eigenvalue weighted by Gasteiger charge is 2.15. The van der Waals surface area contributed by atoms with Gasteiger partial charge < -0.3 is 15.2 Å². The van der Waals surface area contributed by atoms with Crippen LogP contribution in [-0.4, -0.2) is 37.3 Å². The summed E-state index contributed by atoms with van der Waals surface area (Å²) in [4.78, 5) is 34.8. The fraction of sp³-hybridized carbons (Fsp3) is 0.158. The van der Waals surface area contributed by atoms with Gasteiger partial charge in [0.1, 0.15) is 0 Å². The van der Waals surface area contributed by atoms with Gasteiger partial charge in [0.25, 0.3) is 11.6 Å². The lowest BCUT2D eigenvalue weighted by Gasteiger charge is -2.08. The summed E-state index contributed by atoms with van der Waals surface area (Å²) in [6.07, 6.45) is 0. The summed E-state index contributed by atoms with van der Waals surface area (Å²) in [6.45, 7) is 0.0515. The number of rotatable bonds is 8. The summed E-state index contributed by atoms with van der Waals surface area (Å²) in [7, 11) is 1.70. The van der Waals surface area contributed by atoms with Gasteiger partial charge >= 0.3 is 0 Å². The average molecular weight is 495 g/mol.